The second-order valence-corrected chi connectivity index (χ2v) is 7.29. The normalized spacial score (nSPS) is 10.9. The highest BCUT2D eigenvalue weighted by atomic mass is 16.5. The Labute approximate surface area is 180 Å². The van der Waals surface area contributed by atoms with Crippen LogP contribution in [0.15, 0.2) is 91.4 Å². The van der Waals surface area contributed by atoms with Crippen LogP contribution in [-0.2, 0) is 6.61 Å². The monoisotopic (exact) mass is 407 g/mol. The lowest BCUT2D eigenvalue weighted by atomic mass is 10.1. The number of rotatable bonds is 6. The molecule has 0 aliphatic carbocycles. The quantitative estimate of drug-likeness (QED) is 0.407. The van der Waals surface area contributed by atoms with Gasteiger partial charge in [0.1, 0.15) is 12.4 Å². The summed E-state index contributed by atoms with van der Waals surface area (Å²) >= 11 is 0. The third kappa shape index (κ3) is 4.23. The molecule has 3 heterocycles. The van der Waals surface area contributed by atoms with E-state index < -0.39 is 0 Å². The standard InChI is InChI=1S/C25H21N5O/c1-18-6-10-21(11-7-18)27-25-28-24-23(5-3-15-30(24)29-25)20-8-12-22(13-9-20)31-17-19-4-2-14-26-16-19/h2-16H,17H2,1H3,(H,27,29). The van der Waals surface area contributed by atoms with Gasteiger partial charge < -0.3 is 10.1 Å². The van der Waals surface area contributed by atoms with Gasteiger partial charge in [0.05, 0.1) is 0 Å². The number of aryl methyl sites for hydroxylation is 1. The minimum atomic E-state index is 0.487. The van der Waals surface area contributed by atoms with Gasteiger partial charge in [-0.05, 0) is 55.0 Å². The maximum Gasteiger partial charge on any atom is 0.247 e. The summed E-state index contributed by atoms with van der Waals surface area (Å²) in [6.45, 7) is 2.55. The lowest BCUT2D eigenvalue weighted by Gasteiger charge is -2.08. The lowest BCUT2D eigenvalue weighted by molar-refractivity contribution is 0.306. The number of nitrogens with one attached hydrogen (secondary N) is 1. The fourth-order valence-electron chi connectivity index (χ4n) is 3.33. The Balaban J connectivity index is 1.36. The summed E-state index contributed by atoms with van der Waals surface area (Å²) in [5, 5.41) is 7.83. The van der Waals surface area contributed by atoms with E-state index in [1.807, 2.05) is 73.1 Å². The number of anilines is 2. The first-order valence-corrected chi connectivity index (χ1v) is 10.1. The highest BCUT2D eigenvalue weighted by molar-refractivity contribution is 5.78. The van der Waals surface area contributed by atoms with E-state index in [4.69, 9.17) is 9.72 Å². The average Bonchev–Trinajstić information content (AvgIpc) is 3.23. The summed E-state index contributed by atoms with van der Waals surface area (Å²) in [5.41, 5.74) is 6.05. The number of nitrogens with zero attached hydrogens (tertiary/aromatic N) is 4. The maximum absolute atomic E-state index is 5.87. The van der Waals surface area contributed by atoms with Crippen molar-refractivity contribution in [2.75, 3.05) is 5.32 Å². The second-order valence-electron chi connectivity index (χ2n) is 7.29. The topological polar surface area (TPSA) is 64.3 Å². The van der Waals surface area contributed by atoms with E-state index in [2.05, 4.69) is 34.5 Å². The minimum Gasteiger partial charge on any atom is -0.489 e. The number of pyridine rings is 2. The first kappa shape index (κ1) is 18.8. The van der Waals surface area contributed by atoms with Crippen LogP contribution in [0.25, 0.3) is 16.8 Å². The first-order chi connectivity index (χ1) is 15.2. The van der Waals surface area contributed by atoms with Crippen molar-refractivity contribution in [2.45, 2.75) is 13.5 Å². The van der Waals surface area contributed by atoms with Gasteiger partial charge in [0.25, 0.3) is 0 Å². The van der Waals surface area contributed by atoms with Gasteiger partial charge >= 0.3 is 0 Å². The zero-order chi connectivity index (χ0) is 21.0. The average molecular weight is 407 g/mol. The maximum atomic E-state index is 5.87. The molecule has 2 aromatic carbocycles. The smallest absolute Gasteiger partial charge is 0.247 e. The molecule has 0 amide bonds. The molecule has 1 N–H and O–H groups in total. The van der Waals surface area contributed by atoms with Crippen LogP contribution in [0.2, 0.25) is 0 Å². The zero-order valence-corrected chi connectivity index (χ0v) is 17.1. The van der Waals surface area contributed by atoms with Gasteiger partial charge in [-0.2, -0.15) is 4.98 Å². The van der Waals surface area contributed by atoms with Gasteiger partial charge in [-0.1, -0.05) is 35.9 Å². The molecule has 0 aliphatic heterocycles. The number of fused-ring (bicyclic) bond motifs is 1. The molecule has 6 nitrogen and oxygen atoms in total. The first-order valence-electron chi connectivity index (χ1n) is 10.1. The molecule has 0 aliphatic rings. The predicted octanol–water partition coefficient (Wildman–Crippen LogP) is 5.42. The Kier molecular flexibility index (Phi) is 5.02. The summed E-state index contributed by atoms with van der Waals surface area (Å²) in [6.07, 6.45) is 5.46. The van der Waals surface area contributed by atoms with Gasteiger partial charge in [-0.15, -0.1) is 5.10 Å². The Morgan fingerprint density at radius 1 is 0.935 bits per heavy atom. The molecule has 152 valence electrons. The molecule has 0 bridgehead atoms. The van der Waals surface area contributed by atoms with Crippen LogP contribution in [0, 0.1) is 6.92 Å². The van der Waals surface area contributed by atoms with Crippen molar-refractivity contribution in [3.05, 3.63) is 103 Å². The van der Waals surface area contributed by atoms with E-state index in [9.17, 15) is 0 Å². The molecular formula is C25H21N5O. The Hall–Kier alpha value is -4.19. The van der Waals surface area contributed by atoms with Gasteiger partial charge in [0, 0.05) is 35.4 Å². The van der Waals surface area contributed by atoms with E-state index >= 15 is 0 Å². The third-order valence-electron chi connectivity index (χ3n) is 4.96. The fraction of sp³-hybridized carbons (Fsp3) is 0.0800. The van der Waals surface area contributed by atoms with Crippen LogP contribution < -0.4 is 10.1 Å². The molecule has 0 fully saturated rings. The molecule has 0 spiro atoms. The number of hydrogen-bond acceptors (Lipinski definition) is 5. The Morgan fingerprint density at radius 2 is 1.77 bits per heavy atom. The van der Waals surface area contributed by atoms with Crippen molar-refractivity contribution in [3.63, 3.8) is 0 Å². The highest BCUT2D eigenvalue weighted by Crippen LogP contribution is 2.27. The molecule has 5 rings (SSSR count). The number of hydrogen-bond donors (Lipinski definition) is 1. The largest absolute Gasteiger partial charge is 0.489 e. The summed E-state index contributed by atoms with van der Waals surface area (Å²) in [6, 6.07) is 24.1. The van der Waals surface area contributed by atoms with Gasteiger partial charge in [0.15, 0.2) is 5.65 Å². The molecule has 0 saturated heterocycles. The number of ether oxygens (including phenoxy) is 1. The van der Waals surface area contributed by atoms with Crippen molar-refractivity contribution >= 4 is 17.3 Å². The zero-order valence-electron chi connectivity index (χ0n) is 17.1. The number of benzene rings is 2. The molecule has 0 radical (unpaired) electrons. The summed E-state index contributed by atoms with van der Waals surface area (Å²) < 4.78 is 7.66. The summed E-state index contributed by atoms with van der Waals surface area (Å²) in [4.78, 5) is 8.82. The van der Waals surface area contributed by atoms with Gasteiger partial charge in [0.2, 0.25) is 5.95 Å². The van der Waals surface area contributed by atoms with Crippen LogP contribution in [0.5, 0.6) is 5.75 Å². The van der Waals surface area contributed by atoms with Crippen molar-refractivity contribution < 1.29 is 4.74 Å². The van der Waals surface area contributed by atoms with Crippen LogP contribution >= 0.6 is 0 Å². The molecule has 0 unspecified atom stereocenters. The van der Waals surface area contributed by atoms with Crippen LogP contribution in [-0.4, -0.2) is 19.6 Å². The minimum absolute atomic E-state index is 0.487. The van der Waals surface area contributed by atoms with Crippen LogP contribution in [0.4, 0.5) is 11.6 Å². The molecule has 31 heavy (non-hydrogen) atoms. The van der Waals surface area contributed by atoms with Crippen molar-refractivity contribution in [3.8, 4) is 16.9 Å². The van der Waals surface area contributed by atoms with Gasteiger partial charge in [-0.25, -0.2) is 4.52 Å². The lowest BCUT2D eigenvalue weighted by Crippen LogP contribution is -1.95. The van der Waals surface area contributed by atoms with E-state index in [-0.39, 0.29) is 0 Å². The third-order valence-corrected chi connectivity index (χ3v) is 4.96. The van der Waals surface area contributed by atoms with E-state index in [1.165, 1.54) is 5.56 Å². The molecule has 0 saturated carbocycles. The second kappa shape index (κ2) is 8.28. The summed E-state index contributed by atoms with van der Waals surface area (Å²) in [5.74, 6) is 1.37. The van der Waals surface area contributed by atoms with Crippen molar-refractivity contribution in [1.82, 2.24) is 19.6 Å². The number of aromatic nitrogens is 4. The predicted molar refractivity (Wildman–Crippen MR) is 121 cm³/mol. The Bertz CT molecular complexity index is 1300. The van der Waals surface area contributed by atoms with E-state index in [1.54, 1.807) is 10.7 Å². The van der Waals surface area contributed by atoms with Gasteiger partial charge in [-0.3, -0.25) is 4.98 Å². The molecule has 0 atom stereocenters. The molecule has 3 aromatic heterocycles. The molecule has 5 aromatic rings. The molecular weight excluding hydrogens is 386 g/mol. The summed E-state index contributed by atoms with van der Waals surface area (Å²) in [7, 11) is 0. The Morgan fingerprint density at radius 3 is 2.55 bits per heavy atom. The molecule has 6 heteroatoms. The van der Waals surface area contributed by atoms with Crippen LogP contribution in [0.1, 0.15) is 11.1 Å². The van der Waals surface area contributed by atoms with E-state index in [0.717, 1.165) is 33.8 Å². The fourth-order valence-corrected chi connectivity index (χ4v) is 3.33. The highest BCUT2D eigenvalue weighted by Gasteiger charge is 2.10. The SMILES string of the molecule is Cc1ccc(Nc2nc3c(-c4ccc(OCc5cccnc5)cc4)cccn3n2)cc1. The van der Waals surface area contributed by atoms with Crippen LogP contribution in [0.3, 0.4) is 0 Å². The van der Waals surface area contributed by atoms with Crippen molar-refractivity contribution in [1.29, 1.82) is 0 Å². The van der Waals surface area contributed by atoms with E-state index in [0.29, 0.717) is 12.6 Å². The van der Waals surface area contributed by atoms with Crippen molar-refractivity contribution in [2.24, 2.45) is 0 Å².